The number of ether oxygens (including phenoxy) is 1. The van der Waals surface area contributed by atoms with Crippen molar-refractivity contribution >= 4 is 17.5 Å². The normalized spacial score (nSPS) is 9.94. The van der Waals surface area contributed by atoms with Gasteiger partial charge in [-0.15, -0.1) is 0 Å². The van der Waals surface area contributed by atoms with Crippen LogP contribution in [-0.2, 0) is 14.3 Å². The molecule has 0 aliphatic heterocycles. The predicted octanol–water partition coefficient (Wildman–Crippen LogP) is 2.01. The van der Waals surface area contributed by atoms with Crippen LogP contribution in [0.2, 0.25) is 0 Å². The van der Waals surface area contributed by atoms with Crippen molar-refractivity contribution in [2.45, 2.75) is 27.2 Å². The van der Waals surface area contributed by atoms with Gasteiger partial charge < -0.3 is 4.74 Å². The van der Waals surface area contributed by atoms with Crippen molar-refractivity contribution in [1.82, 2.24) is 0 Å². The highest BCUT2D eigenvalue weighted by Gasteiger charge is 2.19. The third-order valence-electron chi connectivity index (χ3n) is 2.65. The Morgan fingerprint density at radius 1 is 1.11 bits per heavy atom. The first-order valence-electron chi connectivity index (χ1n) is 5.76. The van der Waals surface area contributed by atoms with Gasteiger partial charge in [0, 0.05) is 5.56 Å². The maximum atomic E-state index is 11.8. The van der Waals surface area contributed by atoms with Crippen LogP contribution in [0.25, 0.3) is 0 Å². The summed E-state index contributed by atoms with van der Waals surface area (Å²) in [5.74, 6) is -2.12. The molecule has 0 radical (unpaired) electrons. The molecule has 0 aromatic heterocycles. The summed E-state index contributed by atoms with van der Waals surface area (Å²) in [6, 6.07) is 5.19. The number of ketones is 2. The monoisotopic (exact) mass is 248 g/mol. The number of hydrogen-bond acceptors (Lipinski definition) is 4. The van der Waals surface area contributed by atoms with Gasteiger partial charge in [0.15, 0.2) is 5.78 Å². The zero-order valence-corrected chi connectivity index (χ0v) is 10.8. The first-order chi connectivity index (χ1) is 8.45. The maximum absolute atomic E-state index is 11.8. The summed E-state index contributed by atoms with van der Waals surface area (Å²) >= 11 is 0. The molecule has 96 valence electrons. The first kappa shape index (κ1) is 14.1. The third kappa shape index (κ3) is 3.52. The fourth-order valence-electron chi connectivity index (χ4n) is 1.45. The van der Waals surface area contributed by atoms with E-state index < -0.39 is 18.2 Å². The van der Waals surface area contributed by atoms with Crippen LogP contribution in [0, 0.1) is 13.8 Å². The molecule has 4 heteroatoms. The number of carbonyl (C=O) groups excluding carboxylic acids is 3. The van der Waals surface area contributed by atoms with E-state index >= 15 is 0 Å². The quantitative estimate of drug-likeness (QED) is 0.346. The molecule has 0 heterocycles. The summed E-state index contributed by atoms with van der Waals surface area (Å²) in [5, 5.41) is 0. The van der Waals surface area contributed by atoms with Gasteiger partial charge in [0.2, 0.25) is 5.78 Å². The van der Waals surface area contributed by atoms with E-state index in [1.165, 1.54) is 0 Å². The lowest BCUT2D eigenvalue weighted by atomic mass is 10.0. The fraction of sp³-hybridized carbons (Fsp3) is 0.357. The minimum Gasteiger partial charge on any atom is -0.460 e. The van der Waals surface area contributed by atoms with Crippen LogP contribution >= 0.6 is 0 Å². The number of benzene rings is 1. The minimum absolute atomic E-state index is 0.127. The van der Waals surface area contributed by atoms with Crippen molar-refractivity contribution < 1.29 is 19.1 Å². The van der Waals surface area contributed by atoms with Gasteiger partial charge >= 0.3 is 5.97 Å². The summed E-state index contributed by atoms with van der Waals surface area (Å²) in [5.41, 5.74) is 2.49. The van der Waals surface area contributed by atoms with Gasteiger partial charge in [-0.3, -0.25) is 9.59 Å². The summed E-state index contributed by atoms with van der Waals surface area (Å²) in [6.07, 6.45) is -0.443. The highest BCUT2D eigenvalue weighted by Crippen LogP contribution is 2.12. The molecule has 0 atom stereocenters. The molecule has 0 amide bonds. The molecule has 0 aliphatic carbocycles. The van der Waals surface area contributed by atoms with E-state index in [4.69, 9.17) is 0 Å². The van der Waals surface area contributed by atoms with E-state index in [0.717, 1.165) is 11.1 Å². The predicted molar refractivity (Wildman–Crippen MR) is 66.5 cm³/mol. The number of Topliss-reactive ketones (excluding diaryl/α,β-unsaturated/α-hetero) is 2. The summed E-state index contributed by atoms with van der Waals surface area (Å²) < 4.78 is 4.54. The number of carbonyl (C=O) groups is 3. The average Bonchev–Trinajstić information content (AvgIpc) is 2.32. The summed E-state index contributed by atoms with van der Waals surface area (Å²) in [4.78, 5) is 34.3. The third-order valence-corrected chi connectivity index (χ3v) is 2.65. The lowest BCUT2D eigenvalue weighted by Crippen LogP contribution is -2.20. The second kappa shape index (κ2) is 6.10. The van der Waals surface area contributed by atoms with E-state index in [-0.39, 0.29) is 12.4 Å². The SMILES string of the molecule is CCOC(=O)C(=O)CC(=O)c1ccc(C)c(C)c1. The standard InChI is InChI=1S/C14H16O4/c1-4-18-14(17)13(16)8-12(15)11-6-5-9(2)10(3)7-11/h5-7H,4,8H2,1-3H3. The van der Waals surface area contributed by atoms with E-state index in [0.29, 0.717) is 5.56 Å². The Bertz CT molecular complexity index is 489. The molecule has 0 bridgehead atoms. The van der Waals surface area contributed by atoms with Crippen LogP contribution in [0.5, 0.6) is 0 Å². The fourth-order valence-corrected chi connectivity index (χ4v) is 1.45. The number of hydrogen-bond donors (Lipinski definition) is 0. The van der Waals surface area contributed by atoms with Crippen molar-refractivity contribution in [3.05, 3.63) is 34.9 Å². The van der Waals surface area contributed by atoms with E-state index in [1.54, 1.807) is 19.1 Å². The highest BCUT2D eigenvalue weighted by atomic mass is 16.5. The summed E-state index contributed by atoms with van der Waals surface area (Å²) in [7, 11) is 0. The zero-order valence-electron chi connectivity index (χ0n) is 10.8. The molecular weight excluding hydrogens is 232 g/mol. The number of rotatable bonds is 5. The van der Waals surface area contributed by atoms with Gasteiger partial charge in [-0.25, -0.2) is 4.79 Å². The molecule has 1 rings (SSSR count). The molecule has 0 fully saturated rings. The minimum atomic E-state index is -0.949. The molecule has 1 aromatic carbocycles. The van der Waals surface area contributed by atoms with Crippen LogP contribution < -0.4 is 0 Å². The Balaban J connectivity index is 2.73. The van der Waals surface area contributed by atoms with Gasteiger partial charge in [0.25, 0.3) is 0 Å². The van der Waals surface area contributed by atoms with Crippen molar-refractivity contribution in [2.75, 3.05) is 6.61 Å². The van der Waals surface area contributed by atoms with Crippen LogP contribution in [-0.4, -0.2) is 24.1 Å². The van der Waals surface area contributed by atoms with Crippen molar-refractivity contribution in [3.63, 3.8) is 0 Å². The first-order valence-corrected chi connectivity index (χ1v) is 5.76. The van der Waals surface area contributed by atoms with E-state index in [2.05, 4.69) is 4.74 Å². The number of esters is 1. The van der Waals surface area contributed by atoms with Crippen molar-refractivity contribution in [1.29, 1.82) is 0 Å². The summed E-state index contributed by atoms with van der Waals surface area (Å²) in [6.45, 7) is 5.56. The highest BCUT2D eigenvalue weighted by molar-refractivity contribution is 6.38. The van der Waals surface area contributed by atoms with Crippen molar-refractivity contribution in [2.24, 2.45) is 0 Å². The molecular formula is C14H16O4. The topological polar surface area (TPSA) is 60.4 Å². The van der Waals surface area contributed by atoms with E-state index in [9.17, 15) is 14.4 Å². The molecule has 1 aromatic rings. The zero-order chi connectivity index (χ0) is 13.7. The van der Waals surface area contributed by atoms with Gasteiger partial charge in [-0.1, -0.05) is 12.1 Å². The molecule has 0 unspecified atom stereocenters. The Morgan fingerprint density at radius 3 is 2.33 bits per heavy atom. The number of aryl methyl sites for hydroxylation is 2. The Morgan fingerprint density at radius 2 is 1.78 bits per heavy atom. The Hall–Kier alpha value is -1.97. The lowest BCUT2D eigenvalue weighted by Gasteiger charge is -2.04. The van der Waals surface area contributed by atoms with Crippen LogP contribution in [0.3, 0.4) is 0 Å². The molecule has 0 saturated heterocycles. The molecule has 0 spiro atoms. The molecule has 0 N–H and O–H groups in total. The van der Waals surface area contributed by atoms with Gasteiger partial charge in [-0.05, 0) is 38.0 Å². The average molecular weight is 248 g/mol. The molecule has 0 aliphatic rings. The molecule has 18 heavy (non-hydrogen) atoms. The van der Waals surface area contributed by atoms with E-state index in [1.807, 2.05) is 19.9 Å². The van der Waals surface area contributed by atoms with Crippen LogP contribution in [0.4, 0.5) is 0 Å². The maximum Gasteiger partial charge on any atom is 0.375 e. The van der Waals surface area contributed by atoms with Gasteiger partial charge in [0.05, 0.1) is 13.0 Å². The van der Waals surface area contributed by atoms with Gasteiger partial charge in [-0.2, -0.15) is 0 Å². The molecule has 4 nitrogen and oxygen atoms in total. The molecule has 0 saturated carbocycles. The van der Waals surface area contributed by atoms with Crippen LogP contribution in [0.1, 0.15) is 34.8 Å². The van der Waals surface area contributed by atoms with Crippen molar-refractivity contribution in [3.8, 4) is 0 Å². The largest absolute Gasteiger partial charge is 0.460 e. The van der Waals surface area contributed by atoms with Gasteiger partial charge in [0.1, 0.15) is 0 Å². The lowest BCUT2D eigenvalue weighted by molar-refractivity contribution is -0.153. The smallest absolute Gasteiger partial charge is 0.375 e. The second-order valence-corrected chi connectivity index (χ2v) is 4.04. The second-order valence-electron chi connectivity index (χ2n) is 4.04. The Kier molecular flexibility index (Phi) is 4.77. The van der Waals surface area contributed by atoms with Crippen LogP contribution in [0.15, 0.2) is 18.2 Å². The Labute approximate surface area is 106 Å².